The summed E-state index contributed by atoms with van der Waals surface area (Å²) in [5.41, 5.74) is 10.1. The molecule has 0 aromatic heterocycles. The molecule has 1 atom stereocenters. The molecule has 0 heterocycles. The van der Waals surface area contributed by atoms with Gasteiger partial charge in [0.2, 0.25) is 0 Å². The maximum Gasteiger partial charge on any atom is 0.122 e. The van der Waals surface area contributed by atoms with E-state index in [1.54, 1.807) is 7.11 Å². The maximum atomic E-state index is 6.19. The molecule has 0 spiro atoms. The Hall–Kier alpha value is -2.32. The molecule has 3 aromatic carbocycles. The normalized spacial score (nSPS) is 12.5. The lowest BCUT2D eigenvalue weighted by Crippen LogP contribution is -2.16. The van der Waals surface area contributed by atoms with Gasteiger partial charge < -0.3 is 10.5 Å². The second-order valence-electron chi connectivity index (χ2n) is 6.93. The Balaban J connectivity index is 2.01. The predicted molar refractivity (Wildman–Crippen MR) is 107 cm³/mol. The molecule has 0 saturated carbocycles. The van der Waals surface area contributed by atoms with Gasteiger partial charge in [-0.2, -0.15) is 0 Å². The van der Waals surface area contributed by atoms with E-state index in [2.05, 4.69) is 74.5 Å². The highest BCUT2D eigenvalue weighted by atomic mass is 16.5. The van der Waals surface area contributed by atoms with E-state index < -0.39 is 0 Å². The third kappa shape index (κ3) is 3.69. The number of methoxy groups -OCH3 is 1. The minimum absolute atomic E-state index is 0.236. The molecule has 0 aliphatic carbocycles. The first-order valence-corrected chi connectivity index (χ1v) is 8.98. The van der Waals surface area contributed by atoms with Crippen molar-refractivity contribution in [1.29, 1.82) is 0 Å². The Morgan fingerprint density at radius 2 is 1.72 bits per heavy atom. The molecule has 0 aliphatic heterocycles. The average Bonchev–Trinajstić information content (AvgIpc) is 2.65. The zero-order chi connectivity index (χ0) is 17.8. The molecule has 0 fully saturated rings. The first kappa shape index (κ1) is 17.5. The fraction of sp³-hybridized carbons (Fsp3) is 0.304. The van der Waals surface area contributed by atoms with Gasteiger partial charge in [-0.05, 0) is 52.4 Å². The summed E-state index contributed by atoms with van der Waals surface area (Å²) in [5, 5.41) is 2.58. The van der Waals surface area contributed by atoms with Crippen LogP contribution in [0.2, 0.25) is 0 Å². The van der Waals surface area contributed by atoms with E-state index in [0.29, 0.717) is 12.5 Å². The topological polar surface area (TPSA) is 35.2 Å². The zero-order valence-electron chi connectivity index (χ0n) is 15.3. The molecular weight excluding hydrogens is 306 g/mol. The Kier molecular flexibility index (Phi) is 5.40. The average molecular weight is 333 g/mol. The summed E-state index contributed by atoms with van der Waals surface area (Å²) in [4.78, 5) is 0. The van der Waals surface area contributed by atoms with Crippen molar-refractivity contribution in [3.8, 4) is 5.75 Å². The molecule has 0 bridgehead atoms. The Morgan fingerprint density at radius 3 is 2.44 bits per heavy atom. The highest BCUT2D eigenvalue weighted by molar-refractivity contribution is 5.85. The van der Waals surface area contributed by atoms with E-state index in [4.69, 9.17) is 10.5 Å². The molecule has 2 nitrogen and oxygen atoms in total. The summed E-state index contributed by atoms with van der Waals surface area (Å²) in [5.74, 6) is 1.65. The van der Waals surface area contributed by atoms with Gasteiger partial charge in [0.15, 0.2) is 0 Å². The van der Waals surface area contributed by atoms with Crippen LogP contribution in [0.5, 0.6) is 5.75 Å². The smallest absolute Gasteiger partial charge is 0.122 e. The predicted octanol–water partition coefficient (Wildman–Crippen LogP) is 5.26. The lowest BCUT2D eigenvalue weighted by Gasteiger charge is -2.21. The van der Waals surface area contributed by atoms with E-state index in [0.717, 1.165) is 12.2 Å². The van der Waals surface area contributed by atoms with Crippen LogP contribution in [-0.2, 0) is 6.42 Å². The lowest BCUT2D eigenvalue weighted by molar-refractivity contribution is 0.405. The number of nitrogens with two attached hydrogens (primary N) is 1. The van der Waals surface area contributed by atoms with Crippen LogP contribution in [0.3, 0.4) is 0 Å². The molecule has 0 radical (unpaired) electrons. The van der Waals surface area contributed by atoms with Crippen molar-refractivity contribution in [1.82, 2.24) is 0 Å². The summed E-state index contributed by atoms with van der Waals surface area (Å²) in [6, 6.07) is 21.6. The van der Waals surface area contributed by atoms with Crippen LogP contribution in [0, 0.1) is 0 Å². The first-order chi connectivity index (χ1) is 12.1. The summed E-state index contributed by atoms with van der Waals surface area (Å²) in [6.45, 7) is 5.03. The van der Waals surface area contributed by atoms with E-state index in [-0.39, 0.29) is 5.92 Å². The number of benzene rings is 3. The van der Waals surface area contributed by atoms with Crippen molar-refractivity contribution < 1.29 is 4.74 Å². The molecule has 25 heavy (non-hydrogen) atoms. The minimum atomic E-state index is 0.236. The van der Waals surface area contributed by atoms with Gasteiger partial charge in [0.25, 0.3) is 0 Å². The van der Waals surface area contributed by atoms with E-state index in [1.165, 1.54) is 27.5 Å². The fourth-order valence-corrected chi connectivity index (χ4v) is 3.49. The molecule has 0 aliphatic rings. The van der Waals surface area contributed by atoms with Crippen LogP contribution in [0.4, 0.5) is 0 Å². The SMILES string of the molecule is COc1ccc(C(C)C)cc1C(CN)Cc1cccc2ccccc12. The Morgan fingerprint density at radius 1 is 0.960 bits per heavy atom. The highest BCUT2D eigenvalue weighted by Gasteiger charge is 2.18. The van der Waals surface area contributed by atoms with Crippen LogP contribution in [-0.4, -0.2) is 13.7 Å². The summed E-state index contributed by atoms with van der Waals surface area (Å²) >= 11 is 0. The van der Waals surface area contributed by atoms with Crippen molar-refractivity contribution in [2.45, 2.75) is 32.1 Å². The fourth-order valence-electron chi connectivity index (χ4n) is 3.49. The van der Waals surface area contributed by atoms with Crippen molar-refractivity contribution in [2.24, 2.45) is 5.73 Å². The van der Waals surface area contributed by atoms with Crippen LogP contribution < -0.4 is 10.5 Å². The van der Waals surface area contributed by atoms with Crippen molar-refractivity contribution in [2.75, 3.05) is 13.7 Å². The second-order valence-corrected chi connectivity index (χ2v) is 6.93. The molecule has 2 N–H and O–H groups in total. The summed E-state index contributed by atoms with van der Waals surface area (Å²) in [6.07, 6.45) is 0.912. The number of fused-ring (bicyclic) bond motifs is 1. The number of hydrogen-bond acceptors (Lipinski definition) is 2. The van der Waals surface area contributed by atoms with Gasteiger partial charge in [-0.25, -0.2) is 0 Å². The van der Waals surface area contributed by atoms with Gasteiger partial charge in [0.05, 0.1) is 7.11 Å². The third-order valence-electron chi connectivity index (χ3n) is 4.99. The number of ether oxygens (including phenoxy) is 1. The van der Waals surface area contributed by atoms with Gasteiger partial charge >= 0.3 is 0 Å². The third-order valence-corrected chi connectivity index (χ3v) is 4.99. The monoisotopic (exact) mass is 333 g/mol. The largest absolute Gasteiger partial charge is 0.496 e. The highest BCUT2D eigenvalue weighted by Crippen LogP contribution is 2.33. The molecule has 0 amide bonds. The summed E-state index contributed by atoms with van der Waals surface area (Å²) < 4.78 is 5.63. The van der Waals surface area contributed by atoms with Crippen molar-refractivity contribution in [3.63, 3.8) is 0 Å². The minimum Gasteiger partial charge on any atom is -0.496 e. The van der Waals surface area contributed by atoms with E-state index in [9.17, 15) is 0 Å². The van der Waals surface area contributed by atoms with Gasteiger partial charge in [0.1, 0.15) is 5.75 Å². The molecule has 3 aromatic rings. The van der Waals surface area contributed by atoms with Crippen molar-refractivity contribution >= 4 is 10.8 Å². The quantitative estimate of drug-likeness (QED) is 0.668. The Labute approximate surface area is 150 Å². The van der Waals surface area contributed by atoms with Crippen LogP contribution >= 0.6 is 0 Å². The second kappa shape index (κ2) is 7.71. The van der Waals surface area contributed by atoms with E-state index >= 15 is 0 Å². The first-order valence-electron chi connectivity index (χ1n) is 8.98. The van der Waals surface area contributed by atoms with Gasteiger partial charge in [0, 0.05) is 5.92 Å². The summed E-state index contributed by atoms with van der Waals surface area (Å²) in [7, 11) is 1.74. The molecule has 130 valence electrons. The van der Waals surface area contributed by atoms with Crippen LogP contribution in [0.25, 0.3) is 10.8 Å². The zero-order valence-corrected chi connectivity index (χ0v) is 15.3. The van der Waals surface area contributed by atoms with Gasteiger partial charge in [-0.15, -0.1) is 0 Å². The van der Waals surface area contributed by atoms with E-state index in [1.807, 2.05) is 0 Å². The standard InChI is InChI=1S/C23H27NO/c1-16(2)18-11-12-23(25-3)22(14-18)20(15-24)13-19-9-6-8-17-7-4-5-10-21(17)19/h4-12,14,16,20H,13,15,24H2,1-3H3. The molecular formula is C23H27NO. The number of rotatable bonds is 6. The maximum absolute atomic E-state index is 6.19. The van der Waals surface area contributed by atoms with Gasteiger partial charge in [-0.1, -0.05) is 68.4 Å². The molecule has 3 rings (SSSR count). The number of hydrogen-bond donors (Lipinski definition) is 1. The molecule has 0 saturated heterocycles. The Bertz CT molecular complexity index is 848. The van der Waals surface area contributed by atoms with Gasteiger partial charge in [-0.3, -0.25) is 0 Å². The van der Waals surface area contributed by atoms with Crippen LogP contribution in [0.1, 0.15) is 42.4 Å². The molecule has 2 heteroatoms. The molecule has 1 unspecified atom stereocenters. The lowest BCUT2D eigenvalue weighted by atomic mass is 9.87. The van der Waals surface area contributed by atoms with Crippen molar-refractivity contribution in [3.05, 3.63) is 77.4 Å². The van der Waals surface area contributed by atoms with Crippen LogP contribution in [0.15, 0.2) is 60.7 Å².